The number of amidine groups is 1. The first kappa shape index (κ1) is 7.03. The summed E-state index contributed by atoms with van der Waals surface area (Å²) in [6.07, 6.45) is 0.380. The van der Waals surface area contributed by atoms with E-state index in [4.69, 9.17) is 5.73 Å². The molecule has 1 aromatic rings. The standard InChI is InChI=1S/C9H8N2O/c10-9-8(12)5-6-3-1-2-4-7(6)11-9/h1-4H,5H2,(H2,10,11). The first-order chi connectivity index (χ1) is 5.77. The monoisotopic (exact) mass is 160 g/mol. The van der Waals surface area contributed by atoms with Crippen molar-refractivity contribution in [1.29, 1.82) is 0 Å². The Morgan fingerprint density at radius 2 is 2.08 bits per heavy atom. The lowest BCUT2D eigenvalue weighted by atomic mass is 10.0. The van der Waals surface area contributed by atoms with Crippen LogP contribution in [0, 0.1) is 0 Å². The van der Waals surface area contributed by atoms with Crippen LogP contribution in [0.25, 0.3) is 0 Å². The number of nitrogens with zero attached hydrogens (tertiary/aromatic N) is 1. The van der Waals surface area contributed by atoms with Gasteiger partial charge in [0, 0.05) is 6.42 Å². The van der Waals surface area contributed by atoms with Crippen LogP contribution in [0.2, 0.25) is 0 Å². The summed E-state index contributed by atoms with van der Waals surface area (Å²) >= 11 is 0. The van der Waals surface area contributed by atoms with Gasteiger partial charge in [0.25, 0.3) is 0 Å². The lowest BCUT2D eigenvalue weighted by molar-refractivity contribution is -0.112. The van der Waals surface area contributed by atoms with E-state index in [1.54, 1.807) is 0 Å². The normalized spacial score (nSPS) is 15.3. The number of fused-ring (bicyclic) bond motifs is 1. The largest absolute Gasteiger partial charge is 0.381 e. The minimum atomic E-state index is -0.0892. The van der Waals surface area contributed by atoms with Crippen molar-refractivity contribution < 1.29 is 4.79 Å². The van der Waals surface area contributed by atoms with E-state index in [2.05, 4.69) is 4.99 Å². The van der Waals surface area contributed by atoms with Gasteiger partial charge in [0.15, 0.2) is 5.84 Å². The predicted molar refractivity (Wildman–Crippen MR) is 46.4 cm³/mol. The van der Waals surface area contributed by atoms with E-state index in [0.29, 0.717) is 6.42 Å². The molecule has 0 atom stereocenters. The maximum atomic E-state index is 11.1. The molecule has 0 fully saturated rings. The number of hydrogen-bond acceptors (Lipinski definition) is 3. The Hall–Kier alpha value is -1.64. The van der Waals surface area contributed by atoms with E-state index in [9.17, 15) is 4.79 Å². The van der Waals surface area contributed by atoms with Gasteiger partial charge >= 0.3 is 0 Å². The van der Waals surface area contributed by atoms with Crippen LogP contribution in [0.4, 0.5) is 5.69 Å². The smallest absolute Gasteiger partial charge is 0.201 e. The molecule has 0 spiro atoms. The molecule has 0 radical (unpaired) electrons. The number of benzene rings is 1. The second kappa shape index (κ2) is 2.44. The molecule has 0 unspecified atom stereocenters. The Morgan fingerprint density at radius 3 is 2.92 bits per heavy atom. The summed E-state index contributed by atoms with van der Waals surface area (Å²) in [6.45, 7) is 0. The minimum absolute atomic E-state index is 0.0892. The van der Waals surface area contributed by atoms with Crippen LogP contribution in [0.1, 0.15) is 5.56 Å². The Labute approximate surface area is 69.9 Å². The van der Waals surface area contributed by atoms with Crippen molar-refractivity contribution in [2.45, 2.75) is 6.42 Å². The van der Waals surface area contributed by atoms with Crippen molar-refractivity contribution in [3.05, 3.63) is 29.8 Å². The predicted octanol–water partition coefficient (Wildman–Crippen LogP) is 0.801. The second-order valence-electron chi connectivity index (χ2n) is 2.73. The van der Waals surface area contributed by atoms with Gasteiger partial charge < -0.3 is 5.73 Å². The molecule has 1 heterocycles. The first-order valence-electron chi connectivity index (χ1n) is 3.72. The highest BCUT2D eigenvalue weighted by atomic mass is 16.1. The highest BCUT2D eigenvalue weighted by Crippen LogP contribution is 2.22. The number of hydrogen-bond donors (Lipinski definition) is 1. The van der Waals surface area contributed by atoms with Gasteiger partial charge in [0.1, 0.15) is 0 Å². The van der Waals surface area contributed by atoms with E-state index >= 15 is 0 Å². The molecule has 1 aliphatic heterocycles. The fourth-order valence-electron chi connectivity index (χ4n) is 1.23. The van der Waals surface area contributed by atoms with E-state index in [1.165, 1.54) is 0 Å². The molecule has 0 bridgehead atoms. The molecular formula is C9H8N2O. The summed E-state index contributed by atoms with van der Waals surface area (Å²) in [4.78, 5) is 15.1. The number of aliphatic imine (C=N–C) groups is 1. The second-order valence-corrected chi connectivity index (χ2v) is 2.73. The summed E-state index contributed by atoms with van der Waals surface area (Å²) in [5.41, 5.74) is 7.16. The molecule has 0 aromatic heterocycles. The van der Waals surface area contributed by atoms with Gasteiger partial charge in [-0.25, -0.2) is 4.99 Å². The van der Waals surface area contributed by atoms with E-state index in [-0.39, 0.29) is 11.6 Å². The van der Waals surface area contributed by atoms with Crippen molar-refractivity contribution in [2.75, 3.05) is 0 Å². The topological polar surface area (TPSA) is 55.4 Å². The zero-order valence-electron chi connectivity index (χ0n) is 6.45. The van der Waals surface area contributed by atoms with Crippen molar-refractivity contribution >= 4 is 17.3 Å². The summed E-state index contributed by atoms with van der Waals surface area (Å²) in [5, 5.41) is 0. The molecule has 0 saturated carbocycles. The number of nitrogens with two attached hydrogens (primary N) is 1. The van der Waals surface area contributed by atoms with Crippen LogP contribution in [0.15, 0.2) is 29.3 Å². The molecule has 0 saturated heterocycles. The van der Waals surface area contributed by atoms with Gasteiger partial charge in [0.05, 0.1) is 5.69 Å². The number of rotatable bonds is 0. The molecule has 12 heavy (non-hydrogen) atoms. The third kappa shape index (κ3) is 0.993. The van der Waals surface area contributed by atoms with E-state index < -0.39 is 0 Å². The fraction of sp³-hybridized carbons (Fsp3) is 0.111. The quantitative estimate of drug-likeness (QED) is 0.610. The Morgan fingerprint density at radius 1 is 1.33 bits per heavy atom. The number of carbonyl (C=O) groups is 1. The van der Waals surface area contributed by atoms with Gasteiger partial charge in [-0.2, -0.15) is 0 Å². The Kier molecular flexibility index (Phi) is 1.43. The highest BCUT2D eigenvalue weighted by molar-refractivity contribution is 6.40. The van der Waals surface area contributed by atoms with Crippen molar-refractivity contribution in [1.82, 2.24) is 0 Å². The van der Waals surface area contributed by atoms with Crippen LogP contribution in [0.5, 0.6) is 0 Å². The maximum Gasteiger partial charge on any atom is 0.201 e. The van der Waals surface area contributed by atoms with Crippen LogP contribution < -0.4 is 5.73 Å². The molecule has 2 N–H and O–H groups in total. The van der Waals surface area contributed by atoms with Gasteiger partial charge in [-0.05, 0) is 11.6 Å². The number of para-hydroxylation sites is 1. The lowest BCUT2D eigenvalue weighted by Crippen LogP contribution is -2.27. The zero-order valence-corrected chi connectivity index (χ0v) is 6.45. The first-order valence-corrected chi connectivity index (χ1v) is 3.72. The molecule has 0 amide bonds. The average Bonchev–Trinajstić information content (AvgIpc) is 2.07. The maximum absolute atomic E-state index is 11.1. The average molecular weight is 160 g/mol. The van der Waals surface area contributed by atoms with Crippen molar-refractivity contribution in [3.8, 4) is 0 Å². The Balaban J connectivity index is 2.56. The van der Waals surface area contributed by atoms with Crippen LogP contribution in [-0.2, 0) is 11.2 Å². The minimum Gasteiger partial charge on any atom is -0.381 e. The summed E-state index contributed by atoms with van der Waals surface area (Å²) < 4.78 is 0. The van der Waals surface area contributed by atoms with Crippen LogP contribution in [-0.4, -0.2) is 11.6 Å². The van der Waals surface area contributed by atoms with Crippen molar-refractivity contribution in [3.63, 3.8) is 0 Å². The van der Waals surface area contributed by atoms with Crippen LogP contribution >= 0.6 is 0 Å². The Bertz CT molecular complexity index is 369. The van der Waals surface area contributed by atoms with Gasteiger partial charge in [-0.3, -0.25) is 4.79 Å². The summed E-state index contributed by atoms with van der Waals surface area (Å²) in [7, 11) is 0. The third-order valence-corrected chi connectivity index (χ3v) is 1.87. The molecule has 0 aliphatic carbocycles. The van der Waals surface area contributed by atoms with Gasteiger partial charge in [-0.1, -0.05) is 18.2 Å². The van der Waals surface area contributed by atoms with Crippen LogP contribution in [0.3, 0.4) is 0 Å². The number of Topliss-reactive ketones (excluding diaryl/α,β-unsaturated/α-hetero) is 1. The summed E-state index contributed by atoms with van der Waals surface area (Å²) in [6, 6.07) is 7.52. The fourth-order valence-corrected chi connectivity index (χ4v) is 1.23. The molecule has 1 aromatic carbocycles. The molecule has 1 aliphatic rings. The van der Waals surface area contributed by atoms with E-state index in [1.807, 2.05) is 24.3 Å². The zero-order chi connectivity index (χ0) is 8.55. The number of carbonyl (C=O) groups excluding carboxylic acids is 1. The SMILES string of the molecule is NC1=Nc2ccccc2CC1=O. The number of ketones is 1. The van der Waals surface area contributed by atoms with Gasteiger partial charge in [-0.15, -0.1) is 0 Å². The highest BCUT2D eigenvalue weighted by Gasteiger charge is 2.16. The lowest BCUT2D eigenvalue weighted by Gasteiger charge is -2.10. The molecule has 2 rings (SSSR count). The third-order valence-electron chi connectivity index (χ3n) is 1.87. The van der Waals surface area contributed by atoms with Crippen molar-refractivity contribution in [2.24, 2.45) is 10.7 Å². The van der Waals surface area contributed by atoms with E-state index in [0.717, 1.165) is 11.3 Å². The molecule has 3 nitrogen and oxygen atoms in total. The summed E-state index contributed by atoms with van der Waals surface area (Å²) in [5.74, 6) is 0.0300. The molecule has 60 valence electrons. The van der Waals surface area contributed by atoms with Gasteiger partial charge in [0.2, 0.25) is 5.78 Å². The molecule has 3 heteroatoms. The molecular weight excluding hydrogens is 152 g/mol.